The van der Waals surface area contributed by atoms with Crippen molar-refractivity contribution in [2.45, 2.75) is 19.9 Å². The minimum absolute atomic E-state index is 0.0751. The summed E-state index contributed by atoms with van der Waals surface area (Å²) < 4.78 is 13.4. The van der Waals surface area contributed by atoms with Gasteiger partial charge in [0.15, 0.2) is 5.84 Å². The Morgan fingerprint density at radius 3 is 2.56 bits per heavy atom. The maximum atomic E-state index is 13.4. The van der Waals surface area contributed by atoms with Crippen molar-refractivity contribution in [3.63, 3.8) is 0 Å². The lowest BCUT2D eigenvalue weighted by Crippen LogP contribution is -2.48. The molecule has 0 spiro atoms. The van der Waals surface area contributed by atoms with Crippen LogP contribution < -0.4 is 11.1 Å². The molecule has 1 amide bonds. The second kappa shape index (κ2) is 6.00. The van der Waals surface area contributed by atoms with Crippen LogP contribution in [0.3, 0.4) is 0 Å². The van der Waals surface area contributed by atoms with Crippen molar-refractivity contribution >= 4 is 11.7 Å². The number of amides is 1. The Labute approximate surface area is 104 Å². The van der Waals surface area contributed by atoms with Crippen LogP contribution in [0.1, 0.15) is 24.2 Å². The molecule has 1 rings (SSSR count). The number of nitrogens with two attached hydrogens (primary N) is 1. The molecule has 5 nitrogen and oxygen atoms in total. The quantitative estimate of drug-likeness (QED) is 0.327. The number of nitrogens with zero attached hydrogens (tertiary/aromatic N) is 1. The first kappa shape index (κ1) is 14.0. The van der Waals surface area contributed by atoms with Crippen molar-refractivity contribution in [1.82, 2.24) is 5.32 Å². The van der Waals surface area contributed by atoms with Gasteiger partial charge in [0.05, 0.1) is 11.6 Å². The van der Waals surface area contributed by atoms with Gasteiger partial charge in [0, 0.05) is 0 Å². The Hall–Kier alpha value is -2.11. The van der Waals surface area contributed by atoms with Crippen LogP contribution in [0.15, 0.2) is 29.4 Å². The summed E-state index contributed by atoms with van der Waals surface area (Å²) in [5.41, 5.74) is 5.40. The van der Waals surface area contributed by atoms with Crippen LogP contribution in [0, 0.1) is 11.7 Å². The van der Waals surface area contributed by atoms with E-state index in [2.05, 4.69) is 10.5 Å². The molecular formula is C12H16FN3O2. The van der Waals surface area contributed by atoms with E-state index in [0.717, 1.165) is 0 Å². The van der Waals surface area contributed by atoms with E-state index in [-0.39, 0.29) is 17.3 Å². The minimum atomic E-state index is -0.651. The molecule has 18 heavy (non-hydrogen) atoms. The molecule has 1 atom stereocenters. The number of carbonyl (C=O) groups is 1. The van der Waals surface area contributed by atoms with E-state index < -0.39 is 17.8 Å². The molecule has 0 aromatic heterocycles. The monoisotopic (exact) mass is 253 g/mol. The third-order valence-electron chi connectivity index (χ3n) is 2.51. The molecule has 1 unspecified atom stereocenters. The Bertz CT molecular complexity index is 460. The molecule has 98 valence electrons. The highest BCUT2D eigenvalue weighted by atomic mass is 19.1. The molecule has 0 aliphatic heterocycles. The van der Waals surface area contributed by atoms with Gasteiger partial charge >= 0.3 is 0 Å². The van der Waals surface area contributed by atoms with Crippen molar-refractivity contribution in [3.8, 4) is 0 Å². The number of benzene rings is 1. The summed E-state index contributed by atoms with van der Waals surface area (Å²) in [6.45, 7) is 3.59. The van der Waals surface area contributed by atoms with Gasteiger partial charge in [-0.15, -0.1) is 0 Å². The summed E-state index contributed by atoms with van der Waals surface area (Å²) in [6.07, 6.45) is 0. The van der Waals surface area contributed by atoms with Crippen LogP contribution in [0.5, 0.6) is 0 Å². The first-order valence-electron chi connectivity index (χ1n) is 5.50. The molecule has 0 heterocycles. The zero-order valence-electron chi connectivity index (χ0n) is 10.2. The van der Waals surface area contributed by atoms with Crippen LogP contribution in [0.25, 0.3) is 0 Å². The highest BCUT2D eigenvalue weighted by molar-refractivity contribution is 5.98. The van der Waals surface area contributed by atoms with Crippen molar-refractivity contribution in [1.29, 1.82) is 0 Å². The molecule has 1 aromatic carbocycles. The highest BCUT2D eigenvalue weighted by Crippen LogP contribution is 2.08. The third-order valence-corrected chi connectivity index (χ3v) is 2.51. The van der Waals surface area contributed by atoms with E-state index in [1.807, 2.05) is 0 Å². The molecule has 4 N–H and O–H groups in total. The minimum Gasteiger partial charge on any atom is -0.409 e. The average Bonchev–Trinajstić information content (AvgIpc) is 2.35. The molecule has 0 aliphatic carbocycles. The predicted molar refractivity (Wildman–Crippen MR) is 65.9 cm³/mol. The van der Waals surface area contributed by atoms with Gasteiger partial charge in [-0.2, -0.15) is 0 Å². The lowest BCUT2D eigenvalue weighted by atomic mass is 10.0. The van der Waals surface area contributed by atoms with E-state index in [9.17, 15) is 9.18 Å². The zero-order valence-corrected chi connectivity index (χ0v) is 10.2. The second-order valence-electron chi connectivity index (χ2n) is 4.20. The van der Waals surface area contributed by atoms with Gasteiger partial charge in [-0.05, 0) is 18.1 Å². The highest BCUT2D eigenvalue weighted by Gasteiger charge is 2.22. The molecule has 6 heteroatoms. The van der Waals surface area contributed by atoms with Gasteiger partial charge in [-0.3, -0.25) is 4.79 Å². The van der Waals surface area contributed by atoms with Crippen molar-refractivity contribution < 1.29 is 14.4 Å². The molecule has 0 aliphatic rings. The first-order valence-corrected chi connectivity index (χ1v) is 5.50. The smallest absolute Gasteiger partial charge is 0.254 e. The van der Waals surface area contributed by atoms with Gasteiger partial charge in [0.25, 0.3) is 5.91 Å². The molecule has 1 aromatic rings. The number of hydrogen-bond donors (Lipinski definition) is 3. The molecule has 0 fully saturated rings. The maximum absolute atomic E-state index is 13.4. The molecule has 0 radical (unpaired) electrons. The SMILES string of the molecule is CC(C)C(NC(=O)c1ccccc1F)C(N)=NO. The Kier molecular flexibility index (Phi) is 4.65. The predicted octanol–water partition coefficient (Wildman–Crippen LogP) is 1.33. The molecule has 0 saturated carbocycles. The topological polar surface area (TPSA) is 87.7 Å². The zero-order chi connectivity index (χ0) is 13.7. The summed E-state index contributed by atoms with van der Waals surface area (Å²) in [7, 11) is 0. The number of halogens is 1. The van der Waals surface area contributed by atoms with Gasteiger partial charge in [-0.1, -0.05) is 31.1 Å². The van der Waals surface area contributed by atoms with Crippen LogP contribution in [-0.4, -0.2) is 23.0 Å². The number of nitrogens with one attached hydrogen (secondary N) is 1. The van der Waals surface area contributed by atoms with Crippen LogP contribution in [0.4, 0.5) is 4.39 Å². The van der Waals surface area contributed by atoms with Crippen molar-refractivity contribution in [2.75, 3.05) is 0 Å². The van der Waals surface area contributed by atoms with Crippen molar-refractivity contribution in [2.24, 2.45) is 16.8 Å². The fraction of sp³-hybridized carbons (Fsp3) is 0.333. The summed E-state index contributed by atoms with van der Waals surface area (Å²) in [4.78, 5) is 11.9. The van der Waals surface area contributed by atoms with E-state index >= 15 is 0 Å². The van der Waals surface area contributed by atoms with Gasteiger partial charge in [-0.25, -0.2) is 4.39 Å². The maximum Gasteiger partial charge on any atom is 0.254 e. The van der Waals surface area contributed by atoms with Crippen molar-refractivity contribution in [3.05, 3.63) is 35.6 Å². The Balaban J connectivity index is 2.89. The van der Waals surface area contributed by atoms with Gasteiger partial charge in [0.2, 0.25) is 0 Å². The fourth-order valence-electron chi connectivity index (χ4n) is 1.51. The largest absolute Gasteiger partial charge is 0.409 e. The number of carbonyl (C=O) groups excluding carboxylic acids is 1. The Morgan fingerprint density at radius 1 is 1.44 bits per heavy atom. The summed E-state index contributed by atoms with van der Waals surface area (Å²) in [5, 5.41) is 14.0. The first-order chi connectivity index (χ1) is 8.47. The average molecular weight is 253 g/mol. The van der Waals surface area contributed by atoms with E-state index in [0.29, 0.717) is 0 Å². The standard InChI is InChI=1S/C12H16FN3O2/c1-7(2)10(11(14)16-18)15-12(17)8-5-3-4-6-9(8)13/h3-7,10,18H,1-2H3,(H2,14,16)(H,15,17). The van der Waals surface area contributed by atoms with E-state index in [1.165, 1.54) is 18.2 Å². The number of rotatable bonds is 4. The lowest BCUT2D eigenvalue weighted by Gasteiger charge is -2.20. The normalized spacial score (nSPS) is 13.4. The second-order valence-corrected chi connectivity index (χ2v) is 4.20. The number of oxime groups is 1. The molecular weight excluding hydrogens is 237 g/mol. The number of amidine groups is 1. The third kappa shape index (κ3) is 3.19. The lowest BCUT2D eigenvalue weighted by molar-refractivity contribution is 0.0934. The van der Waals surface area contributed by atoms with E-state index in [4.69, 9.17) is 10.9 Å². The van der Waals surface area contributed by atoms with Crippen LogP contribution >= 0.6 is 0 Å². The molecule has 0 saturated heterocycles. The van der Waals surface area contributed by atoms with Gasteiger partial charge in [0.1, 0.15) is 5.82 Å². The van der Waals surface area contributed by atoms with Crippen LogP contribution in [0.2, 0.25) is 0 Å². The molecule has 0 bridgehead atoms. The number of hydrogen-bond acceptors (Lipinski definition) is 3. The fourth-order valence-corrected chi connectivity index (χ4v) is 1.51. The summed E-state index contributed by atoms with van der Waals surface area (Å²) >= 11 is 0. The van der Waals surface area contributed by atoms with E-state index in [1.54, 1.807) is 19.9 Å². The van der Waals surface area contributed by atoms with Crippen LogP contribution in [-0.2, 0) is 0 Å². The summed E-state index contributed by atoms with van der Waals surface area (Å²) in [6, 6.07) is 4.97. The Morgan fingerprint density at radius 2 is 2.06 bits per heavy atom. The summed E-state index contributed by atoms with van der Waals surface area (Å²) in [5.74, 6) is -1.42. The van der Waals surface area contributed by atoms with Gasteiger partial charge < -0.3 is 16.3 Å².